The van der Waals surface area contributed by atoms with Crippen LogP contribution in [0.25, 0.3) is 0 Å². The van der Waals surface area contributed by atoms with Gasteiger partial charge in [0.2, 0.25) is 5.91 Å². The van der Waals surface area contributed by atoms with E-state index >= 15 is 0 Å². The van der Waals surface area contributed by atoms with Gasteiger partial charge in [-0.2, -0.15) is 0 Å². The van der Waals surface area contributed by atoms with E-state index in [1.165, 1.54) is 0 Å². The highest BCUT2D eigenvalue weighted by Crippen LogP contribution is 2.21. The number of amides is 2. The Balaban J connectivity index is 2.59. The minimum absolute atomic E-state index is 0.0204. The summed E-state index contributed by atoms with van der Waals surface area (Å²) in [5, 5.41) is 0. The zero-order chi connectivity index (χ0) is 14.6. The first-order valence-electron chi connectivity index (χ1n) is 6.54. The molecule has 6 heteroatoms. The molecular weight excluding hydrogens is 268 g/mol. The van der Waals surface area contributed by atoms with Crippen LogP contribution in [0.3, 0.4) is 0 Å². The van der Waals surface area contributed by atoms with Crippen molar-refractivity contribution in [2.45, 2.75) is 45.3 Å². The van der Waals surface area contributed by atoms with Crippen LogP contribution in [0.2, 0.25) is 0 Å². The largest absolute Gasteiger partial charge is 0.444 e. The first kappa shape index (κ1) is 16.1. The summed E-state index contributed by atoms with van der Waals surface area (Å²) in [5.74, 6) is -0.159. The quantitative estimate of drug-likeness (QED) is 0.748. The number of hydrogen-bond acceptors (Lipinski definition) is 3. The second kappa shape index (κ2) is 6.46. The van der Waals surface area contributed by atoms with Crippen molar-refractivity contribution in [2.24, 2.45) is 0 Å². The lowest BCUT2D eigenvalue weighted by atomic mass is 10.2. The fourth-order valence-electron chi connectivity index (χ4n) is 2.11. The molecule has 1 saturated heterocycles. The molecule has 0 aliphatic carbocycles. The molecule has 0 N–H and O–H groups in total. The van der Waals surface area contributed by atoms with Crippen LogP contribution in [-0.4, -0.2) is 59.5 Å². The lowest BCUT2D eigenvalue weighted by Crippen LogP contribution is -2.45. The first-order valence-corrected chi connectivity index (χ1v) is 7.07. The van der Waals surface area contributed by atoms with E-state index in [9.17, 15) is 9.59 Å². The Morgan fingerprint density at radius 1 is 1.42 bits per heavy atom. The summed E-state index contributed by atoms with van der Waals surface area (Å²) in [7, 11) is 1.70. The Labute approximate surface area is 119 Å². The van der Waals surface area contributed by atoms with Crippen LogP contribution in [0.15, 0.2) is 0 Å². The molecule has 5 nitrogen and oxygen atoms in total. The van der Waals surface area contributed by atoms with Gasteiger partial charge in [0.25, 0.3) is 0 Å². The lowest BCUT2D eigenvalue weighted by molar-refractivity contribution is -0.127. The topological polar surface area (TPSA) is 49.9 Å². The number of carbonyl (C=O) groups excluding carboxylic acids is 2. The third kappa shape index (κ3) is 4.90. The molecule has 0 aromatic rings. The van der Waals surface area contributed by atoms with E-state index in [0.29, 0.717) is 13.1 Å². The molecule has 1 heterocycles. The Bertz CT molecular complexity index is 341. The highest BCUT2D eigenvalue weighted by atomic mass is 35.5. The van der Waals surface area contributed by atoms with Gasteiger partial charge >= 0.3 is 6.09 Å². The second-order valence-electron chi connectivity index (χ2n) is 5.88. The molecule has 0 aromatic heterocycles. The molecule has 0 aromatic carbocycles. The second-order valence-corrected chi connectivity index (χ2v) is 6.14. The Morgan fingerprint density at radius 3 is 2.58 bits per heavy atom. The van der Waals surface area contributed by atoms with Crippen molar-refractivity contribution in [3.63, 3.8) is 0 Å². The normalized spacial score (nSPS) is 19.4. The van der Waals surface area contributed by atoms with E-state index in [1.54, 1.807) is 16.8 Å². The first-order chi connectivity index (χ1) is 8.74. The summed E-state index contributed by atoms with van der Waals surface area (Å²) >= 11 is 5.52. The molecule has 2 amide bonds. The Morgan fingerprint density at radius 2 is 2.05 bits per heavy atom. The van der Waals surface area contributed by atoms with Crippen molar-refractivity contribution in [2.75, 3.05) is 26.0 Å². The number of rotatable bonds is 3. The standard InChI is InChI=1S/C13H23ClN2O3/c1-13(2,3)19-12(18)16-7-5-6-10(16)9-15(4)11(17)8-14/h10H,5-9H2,1-4H3. The zero-order valence-corrected chi connectivity index (χ0v) is 12.9. The third-order valence-electron chi connectivity index (χ3n) is 3.03. The molecule has 1 atom stereocenters. The lowest BCUT2D eigenvalue weighted by Gasteiger charge is -2.30. The molecule has 0 saturated carbocycles. The molecule has 1 rings (SSSR count). The minimum Gasteiger partial charge on any atom is -0.444 e. The van der Waals surface area contributed by atoms with Gasteiger partial charge in [-0.05, 0) is 33.6 Å². The maximum Gasteiger partial charge on any atom is 0.410 e. The van der Waals surface area contributed by atoms with Gasteiger partial charge in [0.15, 0.2) is 0 Å². The average molecular weight is 291 g/mol. The summed E-state index contributed by atoms with van der Waals surface area (Å²) in [6.07, 6.45) is 1.52. The SMILES string of the molecule is CN(CC1CCCN1C(=O)OC(C)(C)C)C(=O)CCl. The molecule has 1 unspecified atom stereocenters. The van der Waals surface area contributed by atoms with E-state index in [2.05, 4.69) is 0 Å². The van der Waals surface area contributed by atoms with Crippen molar-refractivity contribution >= 4 is 23.6 Å². The van der Waals surface area contributed by atoms with E-state index in [0.717, 1.165) is 12.8 Å². The highest BCUT2D eigenvalue weighted by Gasteiger charge is 2.33. The van der Waals surface area contributed by atoms with Crippen molar-refractivity contribution in [1.29, 1.82) is 0 Å². The average Bonchev–Trinajstić information content (AvgIpc) is 2.73. The van der Waals surface area contributed by atoms with Gasteiger partial charge in [0.1, 0.15) is 11.5 Å². The van der Waals surface area contributed by atoms with Gasteiger partial charge in [0.05, 0.1) is 6.04 Å². The Hall–Kier alpha value is -0.970. The molecule has 0 bridgehead atoms. The van der Waals surface area contributed by atoms with Crippen molar-refractivity contribution < 1.29 is 14.3 Å². The number of nitrogens with zero attached hydrogens (tertiary/aromatic N) is 2. The number of ether oxygens (including phenoxy) is 1. The zero-order valence-electron chi connectivity index (χ0n) is 12.1. The summed E-state index contributed by atoms with van der Waals surface area (Å²) in [4.78, 5) is 26.8. The molecule has 19 heavy (non-hydrogen) atoms. The maximum atomic E-state index is 12.1. The van der Waals surface area contributed by atoms with Gasteiger partial charge in [-0.25, -0.2) is 4.79 Å². The van der Waals surface area contributed by atoms with Crippen molar-refractivity contribution in [1.82, 2.24) is 9.80 Å². The summed E-state index contributed by atoms with van der Waals surface area (Å²) in [5.41, 5.74) is -0.498. The van der Waals surface area contributed by atoms with Gasteiger partial charge in [-0.1, -0.05) is 0 Å². The molecule has 1 aliphatic rings. The molecule has 1 aliphatic heterocycles. The van der Waals surface area contributed by atoms with E-state index in [4.69, 9.17) is 16.3 Å². The van der Waals surface area contributed by atoms with Crippen LogP contribution in [0, 0.1) is 0 Å². The predicted molar refractivity (Wildman–Crippen MR) is 74.3 cm³/mol. The third-order valence-corrected chi connectivity index (χ3v) is 3.26. The highest BCUT2D eigenvalue weighted by molar-refractivity contribution is 6.27. The number of carbonyl (C=O) groups is 2. The summed E-state index contributed by atoms with van der Waals surface area (Å²) in [6.45, 7) is 6.73. The van der Waals surface area contributed by atoms with E-state index in [-0.39, 0.29) is 23.9 Å². The van der Waals surface area contributed by atoms with E-state index in [1.807, 2.05) is 20.8 Å². The van der Waals surface area contributed by atoms with Crippen LogP contribution in [0.1, 0.15) is 33.6 Å². The van der Waals surface area contributed by atoms with Crippen LogP contribution < -0.4 is 0 Å². The van der Waals surface area contributed by atoms with Gasteiger partial charge in [0, 0.05) is 20.1 Å². The predicted octanol–water partition coefficient (Wildman–Crippen LogP) is 2.08. The van der Waals surface area contributed by atoms with Crippen LogP contribution in [0.5, 0.6) is 0 Å². The molecule has 0 radical (unpaired) electrons. The number of alkyl halides is 1. The number of likely N-dealkylation sites (tertiary alicyclic amines) is 1. The molecule has 0 spiro atoms. The smallest absolute Gasteiger partial charge is 0.410 e. The summed E-state index contributed by atoms with van der Waals surface area (Å²) < 4.78 is 5.38. The fraction of sp³-hybridized carbons (Fsp3) is 0.846. The fourth-order valence-corrected chi connectivity index (χ4v) is 2.31. The molecular formula is C13H23ClN2O3. The monoisotopic (exact) mass is 290 g/mol. The van der Waals surface area contributed by atoms with Crippen molar-refractivity contribution in [3.8, 4) is 0 Å². The summed E-state index contributed by atoms with van der Waals surface area (Å²) in [6, 6.07) is 0.0204. The van der Waals surface area contributed by atoms with Crippen molar-refractivity contribution in [3.05, 3.63) is 0 Å². The minimum atomic E-state index is -0.498. The molecule has 110 valence electrons. The molecule has 1 fully saturated rings. The maximum absolute atomic E-state index is 12.1. The van der Waals surface area contributed by atoms with Crippen LogP contribution >= 0.6 is 11.6 Å². The van der Waals surface area contributed by atoms with Gasteiger partial charge in [-0.3, -0.25) is 4.79 Å². The van der Waals surface area contributed by atoms with Gasteiger partial charge < -0.3 is 14.5 Å². The Kier molecular flexibility index (Phi) is 5.47. The van der Waals surface area contributed by atoms with E-state index < -0.39 is 5.60 Å². The number of halogens is 1. The van der Waals surface area contributed by atoms with Crippen LogP contribution in [0.4, 0.5) is 4.79 Å². The van der Waals surface area contributed by atoms with Gasteiger partial charge in [-0.15, -0.1) is 11.6 Å². The number of likely N-dealkylation sites (N-methyl/N-ethyl adjacent to an activating group) is 1. The number of hydrogen-bond donors (Lipinski definition) is 0. The van der Waals surface area contributed by atoms with Crippen LogP contribution in [-0.2, 0) is 9.53 Å².